The number of rotatable bonds is 3. The van der Waals surface area contributed by atoms with Crippen LogP contribution in [0.2, 0.25) is 0 Å². The molecule has 0 spiro atoms. The summed E-state index contributed by atoms with van der Waals surface area (Å²) in [5.41, 5.74) is 10.5. The van der Waals surface area contributed by atoms with E-state index in [0.717, 1.165) is 33.3 Å². The second-order valence-corrected chi connectivity index (χ2v) is 6.32. The Labute approximate surface area is 141 Å². The van der Waals surface area contributed by atoms with E-state index >= 15 is 0 Å². The molecule has 0 aliphatic rings. The number of fused-ring (bicyclic) bond motifs is 1. The molecular formula is C19H22N4O. The highest BCUT2D eigenvalue weighted by atomic mass is 16.3. The van der Waals surface area contributed by atoms with Crippen LogP contribution in [0, 0.1) is 20.8 Å². The zero-order valence-electron chi connectivity index (χ0n) is 14.4. The van der Waals surface area contributed by atoms with E-state index in [0.29, 0.717) is 11.6 Å². The largest absolute Gasteiger partial charge is 0.508 e. The number of nitrogens with two attached hydrogens (primary N) is 1. The summed E-state index contributed by atoms with van der Waals surface area (Å²) < 4.78 is 0. The van der Waals surface area contributed by atoms with Crippen LogP contribution < -0.4 is 11.1 Å². The van der Waals surface area contributed by atoms with Crippen molar-refractivity contribution in [2.24, 2.45) is 0 Å². The van der Waals surface area contributed by atoms with Gasteiger partial charge in [-0.3, -0.25) is 0 Å². The molecule has 0 bridgehead atoms. The minimum atomic E-state index is 0.0214. The highest BCUT2D eigenvalue weighted by Gasteiger charge is 2.13. The van der Waals surface area contributed by atoms with Gasteiger partial charge in [-0.05, 0) is 68.7 Å². The molecule has 0 fully saturated rings. The molecule has 24 heavy (non-hydrogen) atoms. The fourth-order valence-corrected chi connectivity index (χ4v) is 2.88. The van der Waals surface area contributed by atoms with E-state index in [9.17, 15) is 5.11 Å². The van der Waals surface area contributed by atoms with Gasteiger partial charge in [0.2, 0.25) is 0 Å². The smallest absolute Gasteiger partial charge is 0.138 e. The molecule has 0 amide bonds. The third-order valence-electron chi connectivity index (χ3n) is 4.10. The molecule has 3 aromatic rings. The average Bonchev–Trinajstić information content (AvgIpc) is 2.48. The third kappa shape index (κ3) is 3.11. The SMILES string of the molecule is Cc1cc(N)cc([C@@H](C)Nc2nc(C)nc3cc(C)c(O)cc23)c1. The van der Waals surface area contributed by atoms with Gasteiger partial charge in [0.15, 0.2) is 0 Å². The molecule has 1 atom stereocenters. The van der Waals surface area contributed by atoms with Gasteiger partial charge in [0.05, 0.1) is 11.6 Å². The van der Waals surface area contributed by atoms with Gasteiger partial charge in [0.25, 0.3) is 0 Å². The molecule has 0 radical (unpaired) electrons. The molecule has 1 heterocycles. The van der Waals surface area contributed by atoms with Crippen molar-refractivity contribution in [3.05, 3.63) is 52.8 Å². The van der Waals surface area contributed by atoms with E-state index in [1.807, 2.05) is 39.0 Å². The van der Waals surface area contributed by atoms with Crippen molar-refractivity contribution in [3.8, 4) is 5.75 Å². The van der Waals surface area contributed by atoms with Crippen molar-refractivity contribution in [3.63, 3.8) is 0 Å². The van der Waals surface area contributed by atoms with Crippen molar-refractivity contribution >= 4 is 22.4 Å². The van der Waals surface area contributed by atoms with E-state index < -0.39 is 0 Å². The van der Waals surface area contributed by atoms with Gasteiger partial charge in [-0.25, -0.2) is 9.97 Å². The first-order valence-corrected chi connectivity index (χ1v) is 7.95. The van der Waals surface area contributed by atoms with Crippen LogP contribution in [0.4, 0.5) is 11.5 Å². The Morgan fingerprint density at radius 1 is 1.04 bits per heavy atom. The van der Waals surface area contributed by atoms with Crippen molar-refractivity contribution in [2.75, 3.05) is 11.1 Å². The summed E-state index contributed by atoms with van der Waals surface area (Å²) in [7, 11) is 0. The van der Waals surface area contributed by atoms with Gasteiger partial charge in [-0.15, -0.1) is 0 Å². The highest BCUT2D eigenvalue weighted by molar-refractivity contribution is 5.91. The van der Waals surface area contributed by atoms with Crippen LogP contribution in [-0.4, -0.2) is 15.1 Å². The number of nitrogens with zero attached hydrogens (tertiary/aromatic N) is 2. The maximum Gasteiger partial charge on any atom is 0.138 e. The van der Waals surface area contributed by atoms with E-state index in [-0.39, 0.29) is 11.8 Å². The molecule has 0 aliphatic carbocycles. The average molecular weight is 322 g/mol. The lowest BCUT2D eigenvalue weighted by Gasteiger charge is -2.18. The second kappa shape index (κ2) is 6.00. The second-order valence-electron chi connectivity index (χ2n) is 6.32. The lowest BCUT2D eigenvalue weighted by atomic mass is 10.0. The number of nitrogen functional groups attached to an aromatic ring is 1. The van der Waals surface area contributed by atoms with E-state index in [1.54, 1.807) is 6.07 Å². The summed E-state index contributed by atoms with van der Waals surface area (Å²) in [6.45, 7) is 7.81. The predicted octanol–water partition coefficient (Wildman–Crippen LogP) is 4.02. The monoisotopic (exact) mass is 322 g/mol. The van der Waals surface area contributed by atoms with Gasteiger partial charge in [-0.2, -0.15) is 0 Å². The van der Waals surface area contributed by atoms with Gasteiger partial charge < -0.3 is 16.2 Å². The van der Waals surface area contributed by atoms with Crippen LogP contribution in [0.3, 0.4) is 0 Å². The number of nitrogens with one attached hydrogen (secondary N) is 1. The molecule has 5 nitrogen and oxygen atoms in total. The zero-order chi connectivity index (χ0) is 17.4. The molecule has 1 aromatic heterocycles. The van der Waals surface area contributed by atoms with Crippen LogP contribution in [-0.2, 0) is 0 Å². The van der Waals surface area contributed by atoms with Crippen LogP contribution in [0.25, 0.3) is 10.9 Å². The van der Waals surface area contributed by atoms with Crippen LogP contribution in [0.5, 0.6) is 5.75 Å². The maximum absolute atomic E-state index is 10.0. The van der Waals surface area contributed by atoms with Crippen molar-refractivity contribution in [1.29, 1.82) is 0 Å². The normalized spacial score (nSPS) is 12.3. The van der Waals surface area contributed by atoms with Crippen LogP contribution in [0.15, 0.2) is 30.3 Å². The van der Waals surface area contributed by atoms with Gasteiger partial charge in [0.1, 0.15) is 17.4 Å². The summed E-state index contributed by atoms with van der Waals surface area (Å²) in [5.74, 6) is 1.64. The zero-order valence-corrected chi connectivity index (χ0v) is 14.4. The quantitative estimate of drug-likeness (QED) is 0.634. The Morgan fingerprint density at radius 3 is 2.50 bits per heavy atom. The summed E-state index contributed by atoms with van der Waals surface area (Å²) in [5, 5.41) is 14.3. The number of phenolic OH excluding ortho intramolecular Hbond substituents is 1. The van der Waals surface area contributed by atoms with Crippen molar-refractivity contribution in [2.45, 2.75) is 33.7 Å². The Hall–Kier alpha value is -2.82. The Bertz CT molecular complexity index is 901. The molecule has 5 heteroatoms. The Balaban J connectivity index is 2.04. The number of aromatic nitrogens is 2. The lowest BCUT2D eigenvalue weighted by molar-refractivity contribution is 0.472. The molecule has 4 N–H and O–H groups in total. The molecule has 3 rings (SSSR count). The molecule has 0 saturated heterocycles. The van der Waals surface area contributed by atoms with E-state index in [2.05, 4.69) is 28.3 Å². The van der Waals surface area contributed by atoms with Crippen molar-refractivity contribution in [1.82, 2.24) is 9.97 Å². The number of aromatic hydroxyl groups is 1. The van der Waals surface area contributed by atoms with Crippen molar-refractivity contribution < 1.29 is 5.11 Å². The first-order valence-electron chi connectivity index (χ1n) is 7.95. The third-order valence-corrected chi connectivity index (χ3v) is 4.10. The first kappa shape index (κ1) is 16.1. The summed E-state index contributed by atoms with van der Waals surface area (Å²) in [6, 6.07) is 9.62. The van der Waals surface area contributed by atoms with E-state index in [1.165, 1.54) is 0 Å². The number of aryl methyl sites for hydroxylation is 3. The minimum absolute atomic E-state index is 0.0214. The van der Waals surface area contributed by atoms with Crippen LogP contribution >= 0.6 is 0 Å². The first-order chi connectivity index (χ1) is 11.3. The maximum atomic E-state index is 10.0. The Morgan fingerprint density at radius 2 is 1.79 bits per heavy atom. The summed E-state index contributed by atoms with van der Waals surface area (Å²) in [4.78, 5) is 8.98. The number of hydrogen-bond donors (Lipinski definition) is 3. The number of phenols is 1. The van der Waals surface area contributed by atoms with Crippen LogP contribution in [0.1, 0.15) is 35.5 Å². The fourth-order valence-electron chi connectivity index (χ4n) is 2.88. The summed E-state index contributed by atoms with van der Waals surface area (Å²) >= 11 is 0. The molecule has 2 aromatic carbocycles. The predicted molar refractivity (Wildman–Crippen MR) is 98.3 cm³/mol. The number of benzene rings is 2. The van der Waals surface area contributed by atoms with Gasteiger partial charge in [0, 0.05) is 11.1 Å². The molecular weight excluding hydrogens is 300 g/mol. The molecule has 124 valence electrons. The Kier molecular flexibility index (Phi) is 4.01. The summed E-state index contributed by atoms with van der Waals surface area (Å²) in [6.07, 6.45) is 0. The fraction of sp³-hybridized carbons (Fsp3) is 0.263. The lowest BCUT2D eigenvalue weighted by Crippen LogP contribution is -2.10. The highest BCUT2D eigenvalue weighted by Crippen LogP contribution is 2.30. The minimum Gasteiger partial charge on any atom is -0.508 e. The van der Waals surface area contributed by atoms with E-state index in [4.69, 9.17) is 5.73 Å². The van der Waals surface area contributed by atoms with Gasteiger partial charge >= 0.3 is 0 Å². The van der Waals surface area contributed by atoms with Gasteiger partial charge in [-0.1, -0.05) is 6.07 Å². The molecule has 0 aliphatic heterocycles. The topological polar surface area (TPSA) is 84.1 Å². The molecule has 0 saturated carbocycles. The molecule has 0 unspecified atom stereocenters. The standard InChI is InChI=1S/C19H22N4O/c1-10-5-14(8-15(20)6-10)12(3)21-19-16-9-18(24)11(2)7-17(16)22-13(4)23-19/h5-9,12,24H,20H2,1-4H3,(H,21,22,23)/t12-/m1/s1. The number of hydrogen-bond acceptors (Lipinski definition) is 5. The number of anilines is 2.